The topological polar surface area (TPSA) is 15.3 Å². The average molecular weight is 290 g/mol. The summed E-state index contributed by atoms with van der Waals surface area (Å²) in [4.78, 5) is 2.43. The maximum absolute atomic E-state index is 3.45. The molecule has 1 unspecified atom stereocenters. The summed E-state index contributed by atoms with van der Waals surface area (Å²) in [6.07, 6.45) is 1.26. The van der Waals surface area contributed by atoms with Gasteiger partial charge in [0.15, 0.2) is 0 Å². The van der Waals surface area contributed by atoms with E-state index in [0.29, 0.717) is 6.04 Å². The molecule has 1 rings (SSSR count). The van der Waals surface area contributed by atoms with E-state index in [2.05, 4.69) is 83.2 Å². The summed E-state index contributed by atoms with van der Waals surface area (Å²) < 4.78 is 0. The molecule has 0 bridgehead atoms. The minimum Gasteiger partial charge on any atom is -0.312 e. The molecule has 1 aromatic carbocycles. The zero-order valence-corrected chi connectivity index (χ0v) is 15.0. The van der Waals surface area contributed by atoms with Crippen LogP contribution in [0.1, 0.15) is 58.2 Å². The molecule has 0 spiro atoms. The van der Waals surface area contributed by atoms with Crippen molar-refractivity contribution in [3.05, 3.63) is 35.4 Å². The second-order valence-corrected chi connectivity index (χ2v) is 7.66. The first kappa shape index (κ1) is 18.2. The van der Waals surface area contributed by atoms with Gasteiger partial charge in [-0.1, -0.05) is 58.9 Å². The van der Waals surface area contributed by atoms with E-state index < -0.39 is 0 Å². The lowest BCUT2D eigenvalue weighted by molar-refractivity contribution is 0.280. The van der Waals surface area contributed by atoms with Gasteiger partial charge >= 0.3 is 0 Å². The van der Waals surface area contributed by atoms with Gasteiger partial charge < -0.3 is 10.2 Å². The lowest BCUT2D eigenvalue weighted by atomic mass is 9.86. The highest BCUT2D eigenvalue weighted by Crippen LogP contribution is 2.24. The number of rotatable bonds is 7. The van der Waals surface area contributed by atoms with Crippen molar-refractivity contribution < 1.29 is 0 Å². The van der Waals surface area contributed by atoms with E-state index in [-0.39, 0.29) is 5.41 Å². The van der Waals surface area contributed by atoms with Crippen molar-refractivity contribution in [2.75, 3.05) is 27.2 Å². The number of benzene rings is 1. The van der Waals surface area contributed by atoms with Gasteiger partial charge in [0.1, 0.15) is 0 Å². The normalized spacial score (nSPS) is 14.0. The first-order valence-corrected chi connectivity index (χ1v) is 8.20. The second kappa shape index (κ2) is 7.95. The van der Waals surface area contributed by atoms with Crippen LogP contribution in [0.15, 0.2) is 24.3 Å². The Bertz CT molecular complexity index is 401. The quantitative estimate of drug-likeness (QED) is 0.808. The number of hydrogen-bond donors (Lipinski definition) is 1. The van der Waals surface area contributed by atoms with Crippen molar-refractivity contribution in [1.29, 1.82) is 0 Å². The van der Waals surface area contributed by atoms with Gasteiger partial charge in [-0.05, 0) is 49.5 Å². The van der Waals surface area contributed by atoms with Crippen LogP contribution >= 0.6 is 0 Å². The minimum atomic E-state index is 0.224. The molecule has 21 heavy (non-hydrogen) atoms. The molecule has 0 amide bonds. The SMILES string of the molecule is CNC(CN(C)CCC(C)C)c1ccc(C(C)(C)C)cc1. The molecule has 0 fully saturated rings. The lowest BCUT2D eigenvalue weighted by Gasteiger charge is -2.26. The number of nitrogens with zero attached hydrogens (tertiary/aromatic N) is 1. The third-order valence-corrected chi connectivity index (χ3v) is 4.11. The van der Waals surface area contributed by atoms with Crippen LogP contribution in [0.4, 0.5) is 0 Å². The third-order valence-electron chi connectivity index (χ3n) is 4.11. The van der Waals surface area contributed by atoms with E-state index in [9.17, 15) is 0 Å². The maximum Gasteiger partial charge on any atom is 0.0446 e. The maximum atomic E-state index is 3.45. The smallest absolute Gasteiger partial charge is 0.0446 e. The van der Waals surface area contributed by atoms with Crippen LogP contribution in [0.5, 0.6) is 0 Å². The monoisotopic (exact) mass is 290 g/mol. The molecule has 0 aromatic heterocycles. The van der Waals surface area contributed by atoms with Crippen LogP contribution in [-0.2, 0) is 5.41 Å². The van der Waals surface area contributed by atoms with Gasteiger partial charge in [-0.25, -0.2) is 0 Å². The molecule has 0 aliphatic heterocycles. The molecule has 0 saturated heterocycles. The van der Waals surface area contributed by atoms with Crippen LogP contribution in [0.25, 0.3) is 0 Å². The molecule has 0 saturated carbocycles. The van der Waals surface area contributed by atoms with Gasteiger partial charge in [0.25, 0.3) is 0 Å². The summed E-state index contributed by atoms with van der Waals surface area (Å²) in [5.74, 6) is 0.770. The van der Waals surface area contributed by atoms with Crippen molar-refractivity contribution in [1.82, 2.24) is 10.2 Å². The van der Waals surface area contributed by atoms with Gasteiger partial charge in [-0.2, -0.15) is 0 Å². The van der Waals surface area contributed by atoms with E-state index in [4.69, 9.17) is 0 Å². The van der Waals surface area contributed by atoms with Crippen molar-refractivity contribution in [3.8, 4) is 0 Å². The molecular weight excluding hydrogens is 256 g/mol. The Morgan fingerprint density at radius 1 is 1.10 bits per heavy atom. The van der Waals surface area contributed by atoms with E-state index in [1.165, 1.54) is 17.5 Å². The highest BCUT2D eigenvalue weighted by molar-refractivity contribution is 5.29. The molecular formula is C19H34N2. The highest BCUT2D eigenvalue weighted by Gasteiger charge is 2.16. The fourth-order valence-electron chi connectivity index (χ4n) is 2.46. The van der Waals surface area contributed by atoms with E-state index >= 15 is 0 Å². The van der Waals surface area contributed by atoms with Crippen LogP contribution in [0, 0.1) is 5.92 Å². The standard InChI is InChI=1S/C19H34N2/c1-15(2)12-13-21(7)14-18(20-6)16-8-10-17(11-9-16)19(3,4)5/h8-11,15,18,20H,12-14H2,1-7H3. The van der Waals surface area contributed by atoms with Crippen molar-refractivity contribution in [3.63, 3.8) is 0 Å². The average Bonchev–Trinajstić information content (AvgIpc) is 2.41. The third kappa shape index (κ3) is 6.19. The van der Waals surface area contributed by atoms with E-state index in [0.717, 1.165) is 19.0 Å². The van der Waals surface area contributed by atoms with Gasteiger partial charge in [0, 0.05) is 12.6 Å². The minimum absolute atomic E-state index is 0.224. The Balaban J connectivity index is 2.67. The molecule has 1 aromatic rings. The Morgan fingerprint density at radius 3 is 2.10 bits per heavy atom. The van der Waals surface area contributed by atoms with Crippen LogP contribution in [0.3, 0.4) is 0 Å². The van der Waals surface area contributed by atoms with Crippen LogP contribution < -0.4 is 5.32 Å². The number of hydrogen-bond acceptors (Lipinski definition) is 2. The van der Waals surface area contributed by atoms with Gasteiger partial charge in [-0.15, -0.1) is 0 Å². The summed E-state index contributed by atoms with van der Waals surface area (Å²) in [6, 6.07) is 9.49. The Labute approximate surface area is 131 Å². The van der Waals surface area contributed by atoms with Gasteiger partial charge in [0.2, 0.25) is 0 Å². The molecule has 2 heteroatoms. The second-order valence-electron chi connectivity index (χ2n) is 7.66. The molecule has 0 radical (unpaired) electrons. The molecule has 1 atom stereocenters. The molecule has 0 aliphatic rings. The largest absolute Gasteiger partial charge is 0.312 e. The summed E-state index contributed by atoms with van der Waals surface area (Å²) in [5, 5.41) is 3.45. The zero-order valence-electron chi connectivity index (χ0n) is 15.0. The summed E-state index contributed by atoms with van der Waals surface area (Å²) in [5.41, 5.74) is 3.00. The number of nitrogens with one attached hydrogen (secondary N) is 1. The predicted octanol–water partition coefficient (Wildman–Crippen LogP) is 4.22. The van der Waals surface area contributed by atoms with Crippen molar-refractivity contribution >= 4 is 0 Å². The molecule has 1 N–H and O–H groups in total. The molecule has 0 heterocycles. The van der Waals surface area contributed by atoms with Gasteiger partial charge in [0.05, 0.1) is 0 Å². The first-order valence-electron chi connectivity index (χ1n) is 8.20. The fourth-order valence-corrected chi connectivity index (χ4v) is 2.46. The highest BCUT2D eigenvalue weighted by atomic mass is 15.1. The molecule has 2 nitrogen and oxygen atoms in total. The summed E-state index contributed by atoms with van der Waals surface area (Å²) in [7, 11) is 4.27. The van der Waals surface area contributed by atoms with E-state index in [1.54, 1.807) is 0 Å². The van der Waals surface area contributed by atoms with Crippen molar-refractivity contribution in [2.45, 2.75) is 52.5 Å². The Morgan fingerprint density at radius 2 is 1.67 bits per heavy atom. The lowest BCUT2D eigenvalue weighted by Crippen LogP contribution is -2.32. The molecule has 120 valence electrons. The molecule has 0 aliphatic carbocycles. The Hall–Kier alpha value is -0.860. The Kier molecular flexibility index (Phi) is 6.89. The zero-order chi connectivity index (χ0) is 16.0. The number of likely N-dealkylation sites (N-methyl/N-ethyl adjacent to an activating group) is 2. The predicted molar refractivity (Wildman–Crippen MR) is 93.9 cm³/mol. The van der Waals surface area contributed by atoms with Crippen molar-refractivity contribution in [2.24, 2.45) is 5.92 Å². The summed E-state index contributed by atoms with van der Waals surface area (Å²) in [6.45, 7) is 13.6. The fraction of sp³-hybridized carbons (Fsp3) is 0.684. The van der Waals surface area contributed by atoms with Gasteiger partial charge in [-0.3, -0.25) is 0 Å². The summed E-state index contributed by atoms with van der Waals surface area (Å²) >= 11 is 0. The van der Waals surface area contributed by atoms with Crippen LogP contribution in [0.2, 0.25) is 0 Å². The first-order chi connectivity index (χ1) is 9.74. The van der Waals surface area contributed by atoms with E-state index in [1.807, 2.05) is 0 Å². The van der Waals surface area contributed by atoms with Crippen LogP contribution in [-0.4, -0.2) is 32.1 Å².